The van der Waals surface area contributed by atoms with Gasteiger partial charge in [0, 0.05) is 37.4 Å². The third kappa shape index (κ3) is 5.63. The smallest absolute Gasteiger partial charge is 0.387 e. The maximum absolute atomic E-state index is 13.0. The number of hydrogen-bond donors (Lipinski definition) is 1. The van der Waals surface area contributed by atoms with Crippen molar-refractivity contribution in [2.45, 2.75) is 13.0 Å². The number of hydrogen-bond acceptors (Lipinski definition) is 3. The maximum Gasteiger partial charge on any atom is 0.387 e. The summed E-state index contributed by atoms with van der Waals surface area (Å²) in [6.07, 6.45) is 0.599. The molecule has 6 nitrogen and oxygen atoms in total. The lowest BCUT2D eigenvalue weighted by atomic mass is 10.2. The van der Waals surface area contributed by atoms with Crippen molar-refractivity contribution in [3.8, 4) is 5.75 Å². The van der Waals surface area contributed by atoms with E-state index in [0.717, 1.165) is 0 Å². The fraction of sp³-hybridized carbons (Fsp3) is 0.300. The molecule has 0 aliphatic carbocycles. The van der Waals surface area contributed by atoms with Crippen molar-refractivity contribution in [1.29, 1.82) is 0 Å². The second-order valence-corrected chi connectivity index (χ2v) is 6.47. The molecule has 9 heteroatoms. The SMILES string of the molecule is O=C(Nc1ccc(OC(F)F)cc1)N1CCCN(C(=O)c2ccc(F)cc2)CC1. The van der Waals surface area contributed by atoms with Gasteiger partial charge in [-0.15, -0.1) is 0 Å². The van der Waals surface area contributed by atoms with Crippen LogP contribution in [0.5, 0.6) is 5.75 Å². The molecular formula is C20H20F3N3O3. The van der Waals surface area contributed by atoms with Gasteiger partial charge in [0.1, 0.15) is 11.6 Å². The molecule has 0 spiro atoms. The summed E-state index contributed by atoms with van der Waals surface area (Å²) < 4.78 is 41.7. The molecule has 1 aliphatic heterocycles. The lowest BCUT2D eigenvalue weighted by Crippen LogP contribution is -2.39. The summed E-state index contributed by atoms with van der Waals surface area (Å²) in [5.41, 5.74) is 0.843. The molecule has 3 rings (SSSR count). The van der Waals surface area contributed by atoms with Crippen molar-refractivity contribution >= 4 is 17.6 Å². The van der Waals surface area contributed by atoms with Crippen molar-refractivity contribution in [2.75, 3.05) is 31.5 Å². The predicted octanol–water partition coefficient (Wildman–Crippen LogP) is 3.81. The van der Waals surface area contributed by atoms with Crippen molar-refractivity contribution in [2.24, 2.45) is 0 Å². The first-order valence-corrected chi connectivity index (χ1v) is 9.08. The Morgan fingerprint density at radius 2 is 1.52 bits per heavy atom. The van der Waals surface area contributed by atoms with Crippen LogP contribution in [0.25, 0.3) is 0 Å². The number of carbonyl (C=O) groups excluding carboxylic acids is 2. The van der Waals surface area contributed by atoms with Gasteiger partial charge in [-0.3, -0.25) is 4.79 Å². The van der Waals surface area contributed by atoms with Crippen LogP contribution in [0.4, 0.5) is 23.7 Å². The first-order chi connectivity index (χ1) is 13.9. The van der Waals surface area contributed by atoms with Crippen molar-refractivity contribution in [1.82, 2.24) is 9.80 Å². The summed E-state index contributed by atoms with van der Waals surface area (Å²) >= 11 is 0. The highest BCUT2D eigenvalue weighted by atomic mass is 19.3. The molecule has 1 saturated heterocycles. The van der Waals surface area contributed by atoms with Crippen LogP contribution in [-0.2, 0) is 0 Å². The largest absolute Gasteiger partial charge is 0.435 e. The zero-order valence-corrected chi connectivity index (χ0v) is 15.5. The van der Waals surface area contributed by atoms with Crippen molar-refractivity contribution in [3.05, 3.63) is 59.9 Å². The number of alkyl halides is 2. The van der Waals surface area contributed by atoms with Crippen LogP contribution in [0.2, 0.25) is 0 Å². The van der Waals surface area contributed by atoms with Gasteiger partial charge in [-0.25, -0.2) is 9.18 Å². The van der Waals surface area contributed by atoms with Crippen molar-refractivity contribution in [3.63, 3.8) is 0 Å². The lowest BCUT2D eigenvalue weighted by molar-refractivity contribution is -0.0498. The van der Waals surface area contributed by atoms with Gasteiger partial charge < -0.3 is 19.9 Å². The third-order valence-electron chi connectivity index (χ3n) is 4.49. The van der Waals surface area contributed by atoms with Gasteiger partial charge >= 0.3 is 12.6 Å². The zero-order valence-electron chi connectivity index (χ0n) is 15.5. The van der Waals surface area contributed by atoms with Crippen LogP contribution >= 0.6 is 0 Å². The lowest BCUT2D eigenvalue weighted by Gasteiger charge is -2.22. The Hall–Kier alpha value is -3.23. The van der Waals surface area contributed by atoms with Crippen LogP contribution in [0.15, 0.2) is 48.5 Å². The van der Waals surface area contributed by atoms with E-state index in [-0.39, 0.29) is 17.7 Å². The summed E-state index contributed by atoms with van der Waals surface area (Å²) in [4.78, 5) is 28.3. The second-order valence-electron chi connectivity index (χ2n) is 6.47. The van der Waals surface area contributed by atoms with E-state index in [2.05, 4.69) is 10.1 Å². The number of benzene rings is 2. The standard InChI is InChI=1S/C20H20F3N3O3/c21-15-4-2-14(3-5-15)18(27)25-10-1-11-26(13-12-25)20(28)24-16-6-8-17(9-7-16)29-19(22)23/h2-9,19H,1,10-13H2,(H,24,28). The highest BCUT2D eigenvalue weighted by Gasteiger charge is 2.23. The van der Waals surface area contributed by atoms with E-state index < -0.39 is 12.4 Å². The summed E-state index contributed by atoms with van der Waals surface area (Å²) in [5.74, 6) is -0.612. The number of amides is 3. The number of rotatable bonds is 4. The number of halogens is 3. The Bertz CT molecular complexity index is 844. The van der Waals surface area contributed by atoms with Crippen LogP contribution in [0.1, 0.15) is 16.8 Å². The van der Waals surface area contributed by atoms with E-state index in [4.69, 9.17) is 0 Å². The topological polar surface area (TPSA) is 61.9 Å². The van der Waals surface area contributed by atoms with Crippen LogP contribution in [0.3, 0.4) is 0 Å². The molecule has 0 radical (unpaired) electrons. The van der Waals surface area contributed by atoms with Crippen molar-refractivity contribution < 1.29 is 27.5 Å². The Balaban J connectivity index is 1.55. The normalized spacial score (nSPS) is 14.5. The molecule has 2 aromatic rings. The number of carbonyl (C=O) groups is 2. The van der Waals surface area contributed by atoms with E-state index in [9.17, 15) is 22.8 Å². The Kier molecular flexibility index (Phi) is 6.58. The van der Waals surface area contributed by atoms with E-state index >= 15 is 0 Å². The molecule has 1 fully saturated rings. The number of nitrogens with one attached hydrogen (secondary N) is 1. The third-order valence-corrected chi connectivity index (χ3v) is 4.49. The highest BCUT2D eigenvalue weighted by Crippen LogP contribution is 2.18. The van der Waals surface area contributed by atoms with E-state index in [1.807, 2.05) is 0 Å². The van der Waals surface area contributed by atoms with Gasteiger partial charge in [0.15, 0.2) is 0 Å². The highest BCUT2D eigenvalue weighted by molar-refractivity contribution is 5.94. The van der Waals surface area contributed by atoms with Gasteiger partial charge in [-0.05, 0) is 55.0 Å². The fourth-order valence-electron chi connectivity index (χ4n) is 3.02. The summed E-state index contributed by atoms with van der Waals surface area (Å²) in [7, 11) is 0. The Morgan fingerprint density at radius 3 is 2.17 bits per heavy atom. The van der Waals surface area contributed by atoms with E-state index in [1.54, 1.807) is 9.80 Å². The minimum absolute atomic E-state index is 0.00252. The number of ether oxygens (including phenoxy) is 1. The monoisotopic (exact) mass is 407 g/mol. The van der Waals surface area contributed by atoms with Gasteiger partial charge in [0.2, 0.25) is 0 Å². The molecule has 0 unspecified atom stereocenters. The van der Waals surface area contributed by atoms with E-state index in [0.29, 0.717) is 43.9 Å². The molecule has 0 aromatic heterocycles. The molecule has 1 N–H and O–H groups in total. The molecule has 0 atom stereocenters. The second kappa shape index (κ2) is 9.31. The average molecular weight is 407 g/mol. The zero-order chi connectivity index (χ0) is 20.8. The van der Waals surface area contributed by atoms with Gasteiger partial charge in [0.25, 0.3) is 5.91 Å². The Morgan fingerprint density at radius 1 is 0.897 bits per heavy atom. The minimum atomic E-state index is -2.91. The first-order valence-electron chi connectivity index (χ1n) is 9.08. The van der Waals surface area contributed by atoms with E-state index in [1.165, 1.54) is 48.5 Å². The molecular weight excluding hydrogens is 387 g/mol. The summed E-state index contributed by atoms with van der Waals surface area (Å²) in [6.45, 7) is -1.27. The van der Waals surface area contributed by atoms with Gasteiger partial charge in [0.05, 0.1) is 0 Å². The minimum Gasteiger partial charge on any atom is -0.435 e. The molecule has 1 heterocycles. The first kappa shape index (κ1) is 20.5. The molecule has 2 aromatic carbocycles. The number of anilines is 1. The van der Waals surface area contributed by atoms with Gasteiger partial charge in [-0.2, -0.15) is 8.78 Å². The number of urea groups is 1. The number of nitrogens with zero attached hydrogens (tertiary/aromatic N) is 2. The molecule has 29 heavy (non-hydrogen) atoms. The Labute approximate surface area is 165 Å². The molecule has 3 amide bonds. The quantitative estimate of drug-likeness (QED) is 0.839. The predicted molar refractivity (Wildman–Crippen MR) is 101 cm³/mol. The average Bonchev–Trinajstić information content (AvgIpc) is 2.95. The molecule has 154 valence electrons. The van der Waals surface area contributed by atoms with Gasteiger partial charge in [-0.1, -0.05) is 0 Å². The molecule has 0 bridgehead atoms. The summed E-state index contributed by atoms with van der Waals surface area (Å²) in [6, 6.07) is 10.6. The summed E-state index contributed by atoms with van der Waals surface area (Å²) in [5, 5.41) is 2.70. The fourth-order valence-corrected chi connectivity index (χ4v) is 3.02. The van der Waals surface area contributed by atoms with Crippen LogP contribution < -0.4 is 10.1 Å². The van der Waals surface area contributed by atoms with Crippen LogP contribution in [-0.4, -0.2) is 54.5 Å². The molecule has 0 saturated carbocycles. The maximum atomic E-state index is 13.0. The molecule has 1 aliphatic rings. The van der Waals surface area contributed by atoms with Crippen LogP contribution in [0, 0.1) is 5.82 Å².